The van der Waals surface area contributed by atoms with E-state index in [-0.39, 0.29) is 0 Å². The summed E-state index contributed by atoms with van der Waals surface area (Å²) in [5.74, 6) is 5.89. The molecule has 1 aromatic carbocycles. The third-order valence-corrected chi connectivity index (χ3v) is 2.88. The second kappa shape index (κ2) is 5.00. The lowest BCUT2D eigenvalue weighted by Gasteiger charge is -2.04. The van der Waals surface area contributed by atoms with Crippen LogP contribution in [0.2, 0.25) is 0 Å². The molecule has 0 atom stereocenters. The Morgan fingerprint density at radius 1 is 1.27 bits per heavy atom. The molecule has 0 spiro atoms. The number of benzene rings is 1. The fourth-order valence-corrected chi connectivity index (χ4v) is 2.09. The molecule has 0 saturated heterocycles. The third-order valence-electron chi connectivity index (χ3n) is 2.88. The van der Waals surface area contributed by atoms with Gasteiger partial charge in [-0.3, -0.25) is 0 Å². The van der Waals surface area contributed by atoms with Crippen molar-refractivity contribution in [1.82, 2.24) is 5.32 Å². The van der Waals surface area contributed by atoms with Crippen LogP contribution in [0, 0.1) is 11.8 Å². The Balaban J connectivity index is 1.94. The molecule has 0 amide bonds. The maximum atomic E-state index is 3.32. The molecule has 0 fully saturated rings. The van der Waals surface area contributed by atoms with Gasteiger partial charge >= 0.3 is 0 Å². The van der Waals surface area contributed by atoms with E-state index in [9.17, 15) is 0 Å². The third kappa shape index (κ3) is 2.61. The van der Waals surface area contributed by atoms with Crippen molar-refractivity contribution in [2.45, 2.75) is 32.7 Å². The van der Waals surface area contributed by atoms with E-state index in [0.717, 1.165) is 13.1 Å². The average molecular weight is 199 g/mol. The van der Waals surface area contributed by atoms with E-state index in [1.807, 2.05) is 6.92 Å². The molecule has 0 bridgehead atoms. The zero-order valence-electron chi connectivity index (χ0n) is 9.27. The summed E-state index contributed by atoms with van der Waals surface area (Å²) in [5.41, 5.74) is 4.48. The van der Waals surface area contributed by atoms with Crippen LogP contribution in [0.25, 0.3) is 0 Å². The van der Waals surface area contributed by atoms with E-state index in [0.29, 0.717) is 0 Å². The van der Waals surface area contributed by atoms with Crippen LogP contribution in [-0.2, 0) is 19.4 Å². The van der Waals surface area contributed by atoms with Crippen LogP contribution in [0.5, 0.6) is 0 Å². The van der Waals surface area contributed by atoms with Crippen LogP contribution in [0.4, 0.5) is 0 Å². The Labute approximate surface area is 91.9 Å². The summed E-state index contributed by atoms with van der Waals surface area (Å²) in [6.45, 7) is 3.59. The van der Waals surface area contributed by atoms with Crippen LogP contribution in [0.1, 0.15) is 30.0 Å². The van der Waals surface area contributed by atoms with Gasteiger partial charge in [0.25, 0.3) is 0 Å². The zero-order chi connectivity index (χ0) is 10.5. The van der Waals surface area contributed by atoms with Gasteiger partial charge < -0.3 is 5.32 Å². The Morgan fingerprint density at radius 3 is 3.00 bits per heavy atom. The highest BCUT2D eigenvalue weighted by atomic mass is 14.8. The first-order chi connectivity index (χ1) is 7.40. The largest absolute Gasteiger partial charge is 0.302 e. The normalized spacial score (nSPS) is 13.1. The highest BCUT2D eigenvalue weighted by Gasteiger charge is 2.10. The van der Waals surface area contributed by atoms with Crippen LogP contribution in [0.15, 0.2) is 18.2 Å². The highest BCUT2D eigenvalue weighted by Crippen LogP contribution is 2.22. The number of rotatable bonds is 3. The lowest BCUT2D eigenvalue weighted by molar-refractivity contribution is 0.769. The second-order valence-corrected chi connectivity index (χ2v) is 3.99. The van der Waals surface area contributed by atoms with Crippen molar-refractivity contribution in [2.24, 2.45) is 0 Å². The number of hydrogen-bond acceptors (Lipinski definition) is 1. The van der Waals surface area contributed by atoms with E-state index < -0.39 is 0 Å². The standard InChI is InChI=1S/C14H17N/c1-2-3-9-15-11-12-7-8-13-5-4-6-14(13)10-12/h7-8,10,15H,4-6,9,11H2,1H3. The van der Waals surface area contributed by atoms with Gasteiger partial charge in [0.05, 0.1) is 6.54 Å². The molecule has 1 N–H and O–H groups in total. The zero-order valence-corrected chi connectivity index (χ0v) is 9.27. The lowest BCUT2D eigenvalue weighted by Crippen LogP contribution is -2.13. The van der Waals surface area contributed by atoms with E-state index in [4.69, 9.17) is 0 Å². The van der Waals surface area contributed by atoms with Crippen molar-refractivity contribution in [3.05, 3.63) is 34.9 Å². The lowest BCUT2D eigenvalue weighted by atomic mass is 10.1. The number of aryl methyl sites for hydroxylation is 2. The van der Waals surface area contributed by atoms with Gasteiger partial charge in [-0.05, 0) is 42.9 Å². The van der Waals surface area contributed by atoms with Crippen LogP contribution >= 0.6 is 0 Å². The van der Waals surface area contributed by atoms with Gasteiger partial charge in [0.15, 0.2) is 0 Å². The topological polar surface area (TPSA) is 12.0 Å². The highest BCUT2D eigenvalue weighted by molar-refractivity contribution is 5.35. The Bertz CT molecular complexity index is 396. The molecule has 1 nitrogen and oxygen atoms in total. The molecule has 0 heterocycles. The van der Waals surface area contributed by atoms with E-state index in [2.05, 4.69) is 35.4 Å². The molecular formula is C14H17N. The van der Waals surface area contributed by atoms with E-state index in [1.54, 1.807) is 11.1 Å². The first-order valence-corrected chi connectivity index (χ1v) is 5.61. The molecule has 78 valence electrons. The number of hydrogen-bond donors (Lipinski definition) is 1. The second-order valence-electron chi connectivity index (χ2n) is 3.99. The molecule has 1 aliphatic rings. The molecule has 0 saturated carbocycles. The van der Waals surface area contributed by atoms with Gasteiger partial charge in [-0.2, -0.15) is 0 Å². The summed E-state index contributed by atoms with van der Waals surface area (Å²) in [6.07, 6.45) is 3.86. The van der Waals surface area contributed by atoms with Crippen molar-refractivity contribution in [1.29, 1.82) is 0 Å². The van der Waals surface area contributed by atoms with Crippen molar-refractivity contribution in [3.63, 3.8) is 0 Å². The first kappa shape index (κ1) is 10.3. The van der Waals surface area contributed by atoms with Gasteiger partial charge in [-0.25, -0.2) is 0 Å². The van der Waals surface area contributed by atoms with Gasteiger partial charge in [-0.15, -0.1) is 5.92 Å². The van der Waals surface area contributed by atoms with Crippen molar-refractivity contribution < 1.29 is 0 Å². The van der Waals surface area contributed by atoms with E-state index in [1.165, 1.54) is 24.8 Å². The Morgan fingerprint density at radius 2 is 2.13 bits per heavy atom. The average Bonchev–Trinajstić information content (AvgIpc) is 2.71. The molecule has 15 heavy (non-hydrogen) atoms. The summed E-state index contributed by atoms with van der Waals surface area (Å²) in [4.78, 5) is 0. The molecular weight excluding hydrogens is 182 g/mol. The Hall–Kier alpha value is -1.26. The predicted octanol–water partition coefficient (Wildman–Crippen LogP) is 2.29. The van der Waals surface area contributed by atoms with E-state index >= 15 is 0 Å². The van der Waals surface area contributed by atoms with Gasteiger partial charge in [0, 0.05) is 6.54 Å². The predicted molar refractivity (Wildman–Crippen MR) is 63.6 cm³/mol. The monoisotopic (exact) mass is 199 g/mol. The first-order valence-electron chi connectivity index (χ1n) is 5.61. The molecule has 1 aliphatic carbocycles. The molecule has 0 aliphatic heterocycles. The van der Waals surface area contributed by atoms with Crippen molar-refractivity contribution in [3.8, 4) is 11.8 Å². The van der Waals surface area contributed by atoms with Gasteiger partial charge in [0.2, 0.25) is 0 Å². The summed E-state index contributed by atoms with van der Waals surface area (Å²) >= 11 is 0. The summed E-state index contributed by atoms with van der Waals surface area (Å²) in [6, 6.07) is 6.86. The molecule has 1 aromatic rings. The minimum Gasteiger partial charge on any atom is -0.302 e. The fourth-order valence-electron chi connectivity index (χ4n) is 2.09. The van der Waals surface area contributed by atoms with Crippen LogP contribution in [-0.4, -0.2) is 6.54 Å². The molecule has 0 unspecified atom stereocenters. The maximum absolute atomic E-state index is 3.32. The van der Waals surface area contributed by atoms with Crippen LogP contribution < -0.4 is 5.32 Å². The Kier molecular flexibility index (Phi) is 3.42. The summed E-state index contributed by atoms with van der Waals surface area (Å²) < 4.78 is 0. The molecule has 1 heteroatoms. The SMILES string of the molecule is CC#CCNCc1ccc2c(c1)CCC2. The minimum absolute atomic E-state index is 0.785. The van der Waals surface area contributed by atoms with Crippen LogP contribution in [0.3, 0.4) is 0 Å². The van der Waals surface area contributed by atoms with Gasteiger partial charge in [-0.1, -0.05) is 24.1 Å². The number of fused-ring (bicyclic) bond motifs is 1. The summed E-state index contributed by atoms with van der Waals surface area (Å²) in [5, 5.41) is 3.32. The molecule has 0 aromatic heterocycles. The summed E-state index contributed by atoms with van der Waals surface area (Å²) in [7, 11) is 0. The van der Waals surface area contributed by atoms with Crippen molar-refractivity contribution in [2.75, 3.05) is 6.54 Å². The minimum atomic E-state index is 0.785. The smallest absolute Gasteiger partial charge is 0.0578 e. The molecule has 0 radical (unpaired) electrons. The number of nitrogens with one attached hydrogen (secondary N) is 1. The van der Waals surface area contributed by atoms with Gasteiger partial charge in [0.1, 0.15) is 0 Å². The fraction of sp³-hybridized carbons (Fsp3) is 0.429. The molecule has 2 rings (SSSR count). The van der Waals surface area contributed by atoms with Crippen molar-refractivity contribution >= 4 is 0 Å². The quantitative estimate of drug-likeness (QED) is 0.582. The maximum Gasteiger partial charge on any atom is 0.0578 e.